The lowest BCUT2D eigenvalue weighted by atomic mass is 10.0. The van der Waals surface area contributed by atoms with Crippen LogP contribution in [0.3, 0.4) is 0 Å². The molecule has 1 aromatic carbocycles. The Hall–Kier alpha value is -2.01. The van der Waals surface area contributed by atoms with Gasteiger partial charge in [-0.25, -0.2) is 4.98 Å². The molecule has 1 N–H and O–H groups in total. The van der Waals surface area contributed by atoms with Crippen LogP contribution in [-0.4, -0.2) is 39.2 Å². The van der Waals surface area contributed by atoms with Crippen molar-refractivity contribution < 1.29 is 0 Å². The van der Waals surface area contributed by atoms with Crippen LogP contribution >= 0.6 is 0 Å². The van der Waals surface area contributed by atoms with Crippen molar-refractivity contribution in [3.8, 4) is 0 Å². The van der Waals surface area contributed by atoms with Crippen LogP contribution in [0.15, 0.2) is 24.3 Å². The van der Waals surface area contributed by atoms with Crippen molar-refractivity contribution in [2.24, 2.45) is 0 Å². The smallest absolute Gasteiger partial charge is 0.243 e. The van der Waals surface area contributed by atoms with Gasteiger partial charge in [-0.3, -0.25) is 4.90 Å². The summed E-state index contributed by atoms with van der Waals surface area (Å²) in [6.45, 7) is 9.67. The van der Waals surface area contributed by atoms with E-state index in [2.05, 4.69) is 70.4 Å². The molecule has 0 aliphatic carbocycles. The van der Waals surface area contributed by atoms with Crippen molar-refractivity contribution >= 4 is 5.95 Å². The second-order valence-corrected chi connectivity index (χ2v) is 6.86. The van der Waals surface area contributed by atoms with E-state index in [0.29, 0.717) is 12.0 Å². The molecule has 5 heteroatoms. The minimum absolute atomic E-state index is 0.437. The molecule has 0 atom stereocenters. The highest BCUT2D eigenvalue weighted by atomic mass is 15.3. The Morgan fingerprint density at radius 2 is 1.76 bits per heavy atom. The molecule has 1 saturated heterocycles. The molecule has 0 radical (unpaired) electrons. The van der Waals surface area contributed by atoms with Crippen LogP contribution in [0.1, 0.15) is 49.2 Å². The van der Waals surface area contributed by atoms with E-state index in [1.54, 1.807) is 0 Å². The van der Waals surface area contributed by atoms with Crippen LogP contribution in [0.25, 0.3) is 0 Å². The number of hydrogen-bond acceptors (Lipinski definition) is 5. The van der Waals surface area contributed by atoms with Gasteiger partial charge in [-0.1, -0.05) is 38.1 Å². The molecule has 1 aromatic heterocycles. The molecular formula is C20H29N5. The van der Waals surface area contributed by atoms with Crippen LogP contribution in [0.5, 0.6) is 0 Å². The average molecular weight is 339 g/mol. The van der Waals surface area contributed by atoms with Crippen molar-refractivity contribution in [3.63, 3.8) is 0 Å². The minimum Gasteiger partial charge on any atom is -0.350 e. The Morgan fingerprint density at radius 1 is 1.04 bits per heavy atom. The maximum atomic E-state index is 4.66. The third-order valence-electron chi connectivity index (χ3n) is 5.09. The Kier molecular flexibility index (Phi) is 5.97. The van der Waals surface area contributed by atoms with Gasteiger partial charge in [0.1, 0.15) is 0 Å². The highest BCUT2D eigenvalue weighted by molar-refractivity contribution is 5.28. The molecule has 0 saturated carbocycles. The molecule has 2 heterocycles. The molecule has 1 aliphatic heterocycles. The largest absolute Gasteiger partial charge is 0.350 e. The highest BCUT2D eigenvalue weighted by Gasteiger charge is 2.20. The number of piperidine rings is 1. The lowest BCUT2D eigenvalue weighted by molar-refractivity contribution is 0.210. The minimum atomic E-state index is 0.437. The van der Waals surface area contributed by atoms with E-state index in [4.69, 9.17) is 0 Å². The summed E-state index contributed by atoms with van der Waals surface area (Å²) in [6, 6.07) is 9.11. The zero-order valence-corrected chi connectivity index (χ0v) is 15.6. The lowest BCUT2D eigenvalue weighted by Gasteiger charge is -2.32. The summed E-state index contributed by atoms with van der Waals surface area (Å²) in [5.41, 5.74) is 4.90. The van der Waals surface area contributed by atoms with Gasteiger partial charge in [0.05, 0.1) is 11.4 Å². The summed E-state index contributed by atoms with van der Waals surface area (Å²) in [7, 11) is 0. The number of nitrogens with zero attached hydrogens (tertiary/aromatic N) is 4. The van der Waals surface area contributed by atoms with Gasteiger partial charge in [-0.2, -0.15) is 5.10 Å². The molecule has 0 spiro atoms. The summed E-state index contributed by atoms with van der Waals surface area (Å²) in [4.78, 5) is 7.20. The topological polar surface area (TPSA) is 53.9 Å². The van der Waals surface area contributed by atoms with E-state index < -0.39 is 0 Å². The van der Waals surface area contributed by atoms with Crippen LogP contribution in [0, 0.1) is 6.92 Å². The van der Waals surface area contributed by atoms with E-state index in [-0.39, 0.29) is 0 Å². The van der Waals surface area contributed by atoms with E-state index in [9.17, 15) is 0 Å². The van der Waals surface area contributed by atoms with E-state index in [1.807, 2.05) is 0 Å². The Labute approximate surface area is 150 Å². The lowest BCUT2D eigenvalue weighted by Crippen LogP contribution is -2.39. The summed E-state index contributed by atoms with van der Waals surface area (Å²) in [6.07, 6.45) is 4.03. The van der Waals surface area contributed by atoms with Crippen LogP contribution in [0.2, 0.25) is 0 Å². The van der Waals surface area contributed by atoms with E-state index >= 15 is 0 Å². The Morgan fingerprint density at radius 3 is 2.44 bits per heavy atom. The monoisotopic (exact) mass is 339 g/mol. The molecule has 25 heavy (non-hydrogen) atoms. The first-order valence-corrected chi connectivity index (χ1v) is 9.45. The molecule has 1 aliphatic rings. The highest BCUT2D eigenvalue weighted by Crippen LogP contribution is 2.18. The fourth-order valence-corrected chi connectivity index (χ4v) is 3.45. The first-order chi connectivity index (χ1) is 12.2. The van der Waals surface area contributed by atoms with Gasteiger partial charge in [-0.05, 0) is 43.7 Å². The fourth-order valence-electron chi connectivity index (χ4n) is 3.45. The molecule has 0 amide bonds. The number of likely N-dealkylation sites (tertiary alicyclic amines) is 1. The predicted molar refractivity (Wildman–Crippen MR) is 102 cm³/mol. The summed E-state index contributed by atoms with van der Waals surface area (Å²) >= 11 is 0. The first-order valence-electron chi connectivity index (χ1n) is 9.45. The van der Waals surface area contributed by atoms with Crippen molar-refractivity contribution in [2.45, 2.75) is 59.0 Å². The second kappa shape index (κ2) is 8.39. The standard InChI is InChI=1S/C20H29N5/c1-4-18-19(5-2)23-24-20(22-18)21-17-10-12-25(13-11-17)14-16-9-7-6-8-15(16)3/h6-9,17H,4-5,10-14H2,1-3H3,(H,21,22,24). The Bertz CT molecular complexity index is 692. The van der Waals surface area contributed by atoms with E-state index in [1.165, 1.54) is 11.1 Å². The summed E-state index contributed by atoms with van der Waals surface area (Å²) in [5.74, 6) is 0.686. The van der Waals surface area contributed by atoms with Crippen LogP contribution < -0.4 is 5.32 Å². The van der Waals surface area contributed by atoms with Crippen molar-refractivity contribution in [1.82, 2.24) is 20.1 Å². The molecule has 1 fully saturated rings. The number of aryl methyl sites for hydroxylation is 3. The van der Waals surface area contributed by atoms with Gasteiger partial charge in [-0.15, -0.1) is 5.10 Å². The van der Waals surface area contributed by atoms with Gasteiger partial charge >= 0.3 is 0 Å². The maximum Gasteiger partial charge on any atom is 0.243 e. The van der Waals surface area contributed by atoms with Gasteiger partial charge in [0.2, 0.25) is 5.95 Å². The number of anilines is 1. The summed E-state index contributed by atoms with van der Waals surface area (Å²) < 4.78 is 0. The quantitative estimate of drug-likeness (QED) is 0.874. The van der Waals surface area contributed by atoms with Gasteiger partial charge in [0.15, 0.2) is 0 Å². The van der Waals surface area contributed by atoms with Crippen LogP contribution in [-0.2, 0) is 19.4 Å². The van der Waals surface area contributed by atoms with Crippen molar-refractivity contribution in [3.05, 3.63) is 46.8 Å². The third kappa shape index (κ3) is 4.54. The third-order valence-corrected chi connectivity index (χ3v) is 5.09. The summed E-state index contributed by atoms with van der Waals surface area (Å²) in [5, 5.41) is 12.1. The maximum absolute atomic E-state index is 4.66. The SMILES string of the molecule is CCc1nnc(NC2CCN(Cc3ccccc3C)CC2)nc1CC. The second-order valence-electron chi connectivity index (χ2n) is 6.86. The molecule has 5 nitrogen and oxygen atoms in total. The number of rotatable bonds is 6. The molecule has 134 valence electrons. The fraction of sp³-hybridized carbons (Fsp3) is 0.550. The number of benzene rings is 1. The van der Waals surface area contributed by atoms with Gasteiger partial charge in [0, 0.05) is 25.7 Å². The molecule has 2 aromatic rings. The zero-order chi connectivity index (χ0) is 17.6. The van der Waals surface area contributed by atoms with Crippen molar-refractivity contribution in [1.29, 1.82) is 0 Å². The first kappa shape index (κ1) is 17.8. The molecule has 0 unspecified atom stereocenters. The molecule has 3 rings (SSSR count). The predicted octanol–water partition coefficient (Wildman–Crippen LogP) is 3.38. The van der Waals surface area contributed by atoms with Crippen molar-refractivity contribution in [2.75, 3.05) is 18.4 Å². The number of aromatic nitrogens is 3. The molecular weight excluding hydrogens is 310 g/mol. The van der Waals surface area contributed by atoms with E-state index in [0.717, 1.165) is 56.7 Å². The zero-order valence-electron chi connectivity index (χ0n) is 15.6. The van der Waals surface area contributed by atoms with Gasteiger partial charge < -0.3 is 5.32 Å². The Balaban J connectivity index is 1.53. The molecule has 0 bridgehead atoms. The van der Waals surface area contributed by atoms with Crippen LogP contribution in [0.4, 0.5) is 5.95 Å². The van der Waals surface area contributed by atoms with Gasteiger partial charge in [0.25, 0.3) is 0 Å². The average Bonchev–Trinajstić information content (AvgIpc) is 2.65. The normalized spacial score (nSPS) is 16.1. The number of hydrogen-bond donors (Lipinski definition) is 1. The number of nitrogens with one attached hydrogen (secondary N) is 1.